The lowest BCUT2D eigenvalue weighted by Crippen LogP contribution is -2.29. The summed E-state index contributed by atoms with van der Waals surface area (Å²) in [7, 11) is 1.55. The van der Waals surface area contributed by atoms with Crippen molar-refractivity contribution in [1.82, 2.24) is 4.90 Å². The molecule has 1 aromatic carbocycles. The van der Waals surface area contributed by atoms with Gasteiger partial charge in [-0.15, -0.1) is 0 Å². The van der Waals surface area contributed by atoms with Gasteiger partial charge in [0, 0.05) is 6.08 Å². The Hall–Kier alpha value is -2.30. The molecule has 1 saturated heterocycles. The van der Waals surface area contributed by atoms with E-state index in [4.69, 9.17) is 7.48 Å². The first kappa shape index (κ1) is 9.70. The topological polar surface area (TPSA) is 55.8 Å². The normalized spacial score (nSPS) is 19.4. The van der Waals surface area contributed by atoms with Gasteiger partial charge < -0.3 is 9.47 Å². The minimum Gasteiger partial charge on any atom is -0.497 e. The van der Waals surface area contributed by atoms with Crippen LogP contribution in [0.15, 0.2) is 30.3 Å². The van der Waals surface area contributed by atoms with Crippen LogP contribution in [0.4, 0.5) is 4.79 Å². The lowest BCUT2D eigenvalue weighted by Gasteiger charge is -2.06. The molecule has 1 aromatic rings. The van der Waals surface area contributed by atoms with Gasteiger partial charge in [-0.2, -0.15) is 0 Å². The third-order valence-electron chi connectivity index (χ3n) is 2.36. The molecule has 0 spiro atoms. The molecule has 0 atom stereocenters. The average molecular weight is 249 g/mol. The lowest BCUT2D eigenvalue weighted by molar-refractivity contribution is -0.122. The highest BCUT2D eigenvalue weighted by molar-refractivity contribution is 6.01. The van der Waals surface area contributed by atoms with E-state index in [2.05, 4.69) is 4.74 Å². The summed E-state index contributed by atoms with van der Waals surface area (Å²) >= 11 is 0. The summed E-state index contributed by atoms with van der Waals surface area (Å²) in [6.45, 7) is -2.56. The fraction of sp³-hybridized carbons (Fsp3) is 0.231. The molecule has 0 saturated carbocycles. The number of hydrogen-bond donors (Lipinski definition) is 0. The Balaban J connectivity index is 2.10. The number of methoxy groups -OCH3 is 1. The SMILES string of the molecule is [2H]C1([2H])COC(=O)N1C(=O)/C=C/c1ccc(OC)cc1. The number of ether oxygens (including phenoxy) is 2. The Morgan fingerprint density at radius 1 is 1.50 bits per heavy atom. The monoisotopic (exact) mass is 249 g/mol. The summed E-state index contributed by atoms with van der Waals surface area (Å²) in [5.74, 6) is -0.0683. The Bertz CT molecular complexity index is 554. The zero-order chi connectivity index (χ0) is 14.8. The smallest absolute Gasteiger partial charge is 0.416 e. The van der Waals surface area contributed by atoms with E-state index in [1.807, 2.05) is 0 Å². The van der Waals surface area contributed by atoms with Gasteiger partial charge in [-0.1, -0.05) is 12.1 Å². The van der Waals surface area contributed by atoms with Gasteiger partial charge in [-0.25, -0.2) is 9.69 Å². The van der Waals surface area contributed by atoms with Crippen LogP contribution in [-0.4, -0.2) is 37.1 Å². The Labute approximate surface area is 107 Å². The van der Waals surface area contributed by atoms with E-state index >= 15 is 0 Å². The van der Waals surface area contributed by atoms with E-state index < -0.39 is 25.1 Å². The van der Waals surface area contributed by atoms with Gasteiger partial charge in [0.25, 0.3) is 5.91 Å². The van der Waals surface area contributed by atoms with Crippen LogP contribution in [0.25, 0.3) is 6.08 Å². The van der Waals surface area contributed by atoms with Gasteiger partial charge in [-0.3, -0.25) is 4.79 Å². The number of benzene rings is 1. The van der Waals surface area contributed by atoms with Crippen molar-refractivity contribution in [1.29, 1.82) is 0 Å². The Kier molecular flexibility index (Phi) is 2.89. The lowest BCUT2D eigenvalue weighted by atomic mass is 10.2. The van der Waals surface area contributed by atoms with Crippen LogP contribution in [0.3, 0.4) is 0 Å². The quantitative estimate of drug-likeness (QED) is 0.765. The maximum Gasteiger partial charge on any atom is 0.416 e. The van der Waals surface area contributed by atoms with Crippen LogP contribution in [0.2, 0.25) is 0 Å². The van der Waals surface area contributed by atoms with Crippen LogP contribution < -0.4 is 4.74 Å². The molecule has 2 amide bonds. The third kappa shape index (κ3) is 2.68. The summed E-state index contributed by atoms with van der Waals surface area (Å²) in [4.78, 5) is 23.6. The van der Waals surface area contributed by atoms with Crippen LogP contribution in [0.1, 0.15) is 8.30 Å². The molecule has 5 nitrogen and oxygen atoms in total. The number of carbonyl (C=O) groups excluding carboxylic acids is 2. The predicted molar refractivity (Wildman–Crippen MR) is 65.1 cm³/mol. The zero-order valence-electron chi connectivity index (χ0n) is 11.8. The standard InChI is InChI=1S/C13H13NO4/c1-17-11-5-2-10(3-6-11)4-7-12(15)14-8-9-18-13(14)16/h2-7H,8-9H2,1H3/b7-4+/i8D2. The molecule has 1 heterocycles. The maximum atomic E-state index is 11.8. The number of rotatable bonds is 3. The van der Waals surface area contributed by atoms with Crippen molar-refractivity contribution in [2.45, 2.75) is 0 Å². The van der Waals surface area contributed by atoms with Crippen molar-refractivity contribution in [2.24, 2.45) is 0 Å². The van der Waals surface area contributed by atoms with Gasteiger partial charge in [0.05, 0.1) is 16.3 Å². The van der Waals surface area contributed by atoms with Crippen LogP contribution in [0, 0.1) is 0 Å². The average Bonchev–Trinajstić information content (AvgIpc) is 2.70. The number of imide groups is 1. The molecule has 0 radical (unpaired) electrons. The molecule has 0 N–H and O–H groups in total. The van der Waals surface area contributed by atoms with Gasteiger partial charge >= 0.3 is 6.09 Å². The van der Waals surface area contributed by atoms with E-state index in [1.54, 1.807) is 31.4 Å². The molecule has 0 aromatic heterocycles. The van der Waals surface area contributed by atoms with Crippen molar-refractivity contribution in [3.05, 3.63) is 35.9 Å². The fourth-order valence-electron chi connectivity index (χ4n) is 1.41. The van der Waals surface area contributed by atoms with Crippen LogP contribution in [0.5, 0.6) is 5.75 Å². The Morgan fingerprint density at radius 2 is 2.22 bits per heavy atom. The second-order valence-corrected chi connectivity index (χ2v) is 3.49. The first-order chi connectivity index (χ1) is 9.44. The third-order valence-corrected chi connectivity index (χ3v) is 2.36. The maximum absolute atomic E-state index is 11.8. The molecule has 0 unspecified atom stereocenters. The molecule has 0 bridgehead atoms. The molecule has 1 fully saturated rings. The van der Waals surface area contributed by atoms with E-state index in [0.29, 0.717) is 10.6 Å². The number of nitrogens with zero attached hydrogens (tertiary/aromatic N) is 1. The zero-order valence-corrected chi connectivity index (χ0v) is 9.75. The van der Waals surface area contributed by atoms with Crippen LogP contribution in [-0.2, 0) is 9.53 Å². The molecule has 5 heteroatoms. The van der Waals surface area contributed by atoms with Crippen molar-refractivity contribution >= 4 is 18.1 Å². The van der Waals surface area contributed by atoms with Crippen molar-refractivity contribution < 1.29 is 21.8 Å². The summed E-state index contributed by atoms with van der Waals surface area (Å²) < 4.78 is 24.6. The Morgan fingerprint density at radius 3 is 2.78 bits per heavy atom. The first-order valence-corrected chi connectivity index (χ1v) is 5.27. The largest absolute Gasteiger partial charge is 0.497 e. The highest BCUT2D eigenvalue weighted by Crippen LogP contribution is 2.13. The molecule has 1 aliphatic rings. The summed E-state index contributed by atoms with van der Waals surface area (Å²) in [5.41, 5.74) is 0.729. The van der Waals surface area contributed by atoms with Crippen LogP contribution >= 0.6 is 0 Å². The highest BCUT2D eigenvalue weighted by atomic mass is 16.6. The number of carbonyl (C=O) groups is 2. The summed E-state index contributed by atoms with van der Waals surface area (Å²) in [5, 5.41) is 0. The molecule has 18 heavy (non-hydrogen) atoms. The second-order valence-electron chi connectivity index (χ2n) is 3.49. The first-order valence-electron chi connectivity index (χ1n) is 6.27. The van der Waals surface area contributed by atoms with E-state index in [0.717, 1.165) is 11.6 Å². The molecular formula is C13H13NO4. The predicted octanol–water partition coefficient (Wildman–Crippen LogP) is 1.69. The van der Waals surface area contributed by atoms with Gasteiger partial charge in [-0.05, 0) is 23.8 Å². The number of hydrogen-bond acceptors (Lipinski definition) is 4. The molecular weight excluding hydrogens is 234 g/mol. The van der Waals surface area contributed by atoms with Crippen molar-refractivity contribution in [3.63, 3.8) is 0 Å². The second kappa shape index (κ2) is 5.35. The van der Waals surface area contributed by atoms with E-state index in [9.17, 15) is 9.59 Å². The summed E-state index contributed by atoms with van der Waals surface area (Å²) in [6, 6.07) is 6.93. The minimum absolute atomic E-state index is 0.450. The van der Waals surface area contributed by atoms with Gasteiger partial charge in [0.15, 0.2) is 0 Å². The molecule has 1 aliphatic heterocycles. The summed E-state index contributed by atoms with van der Waals surface area (Å²) in [6.07, 6.45) is 1.65. The number of cyclic esters (lactones) is 1. The minimum atomic E-state index is -2.11. The fourth-order valence-corrected chi connectivity index (χ4v) is 1.41. The number of amides is 2. The molecule has 0 aliphatic carbocycles. The van der Waals surface area contributed by atoms with Gasteiger partial charge in [0.2, 0.25) is 0 Å². The van der Waals surface area contributed by atoms with Gasteiger partial charge in [0.1, 0.15) is 12.4 Å². The van der Waals surface area contributed by atoms with E-state index in [1.165, 1.54) is 6.08 Å². The molecule has 2 rings (SSSR count). The van der Waals surface area contributed by atoms with E-state index in [-0.39, 0.29) is 0 Å². The molecule has 94 valence electrons. The highest BCUT2D eigenvalue weighted by Gasteiger charge is 2.26. The van der Waals surface area contributed by atoms with Crippen molar-refractivity contribution in [2.75, 3.05) is 20.2 Å². The van der Waals surface area contributed by atoms with Crippen molar-refractivity contribution in [3.8, 4) is 5.75 Å².